The lowest BCUT2D eigenvalue weighted by Gasteiger charge is -2.14. The summed E-state index contributed by atoms with van der Waals surface area (Å²) in [7, 11) is 0. The number of nitrogens with one attached hydrogen (secondary N) is 1. The first-order valence-corrected chi connectivity index (χ1v) is 14.5. The summed E-state index contributed by atoms with van der Waals surface area (Å²) in [5, 5.41) is 5.36. The van der Waals surface area contributed by atoms with Crippen molar-refractivity contribution < 1.29 is 9.53 Å². The molecule has 5 nitrogen and oxygen atoms in total. The molecule has 4 aromatic rings. The Balaban J connectivity index is 1.33. The highest BCUT2D eigenvalue weighted by Gasteiger charge is 2.27. The number of hydrazone groups is 1. The molecule has 0 bridgehead atoms. The number of benzene rings is 2. The van der Waals surface area contributed by atoms with Gasteiger partial charge in [0.1, 0.15) is 17.4 Å². The maximum atomic E-state index is 13.5. The number of amides is 1. The molecule has 2 aromatic heterocycles. The predicted molar refractivity (Wildman–Crippen MR) is 159 cm³/mol. The summed E-state index contributed by atoms with van der Waals surface area (Å²) in [5.41, 5.74) is 11.1. The molecule has 2 heterocycles. The van der Waals surface area contributed by atoms with Gasteiger partial charge in [-0.1, -0.05) is 28.1 Å². The van der Waals surface area contributed by atoms with Crippen molar-refractivity contribution in [3.05, 3.63) is 103 Å². The van der Waals surface area contributed by atoms with E-state index in [-0.39, 0.29) is 5.91 Å². The third-order valence-corrected chi connectivity index (χ3v) is 8.82. The van der Waals surface area contributed by atoms with Gasteiger partial charge in [0, 0.05) is 20.7 Å². The van der Waals surface area contributed by atoms with Gasteiger partial charge in [-0.15, -0.1) is 11.3 Å². The molecule has 0 fully saturated rings. The molecule has 0 unspecified atom stereocenters. The molecule has 1 aliphatic rings. The van der Waals surface area contributed by atoms with Crippen LogP contribution in [0.15, 0.2) is 58.1 Å². The fourth-order valence-electron chi connectivity index (χ4n) is 5.18. The van der Waals surface area contributed by atoms with E-state index >= 15 is 0 Å². The van der Waals surface area contributed by atoms with E-state index in [0.29, 0.717) is 6.61 Å². The van der Waals surface area contributed by atoms with Crippen molar-refractivity contribution in [2.45, 2.75) is 60.0 Å². The second-order valence-electron chi connectivity index (χ2n) is 9.94. The number of fused-ring (bicyclic) bond motifs is 1. The minimum absolute atomic E-state index is 0.147. The Hall–Kier alpha value is -3.16. The first-order valence-electron chi connectivity index (χ1n) is 12.9. The van der Waals surface area contributed by atoms with Crippen molar-refractivity contribution in [3.8, 4) is 10.8 Å². The average molecular weight is 591 g/mol. The summed E-state index contributed by atoms with van der Waals surface area (Å²) < 4.78 is 9.38. The molecule has 0 aliphatic heterocycles. The third-order valence-electron chi connectivity index (χ3n) is 7.01. The molecule has 1 amide bonds. The minimum Gasteiger partial charge on any atom is -0.488 e. The summed E-state index contributed by atoms with van der Waals surface area (Å²) in [4.78, 5) is 14.8. The van der Waals surface area contributed by atoms with Crippen LogP contribution < -0.4 is 10.2 Å². The second-order valence-corrected chi connectivity index (χ2v) is 11.9. The highest BCUT2D eigenvalue weighted by molar-refractivity contribution is 9.10. The minimum atomic E-state index is -0.147. The Labute approximate surface area is 236 Å². The fraction of sp³-hybridized carbons (Fsp3) is 0.290. The first kappa shape index (κ1) is 26.4. The standard InChI is InChI=1S/C31H32BrN3O2S/c1-19-15-24(16-20(2)29(19)37-18-23-11-13-25(32)14-12-23)17-33-34-30(36)28-26-7-5-6-8-27(26)38-31(28)35-21(3)9-10-22(35)4/h9-17H,5-8,18H2,1-4H3,(H,34,36)/b33-17-. The Bertz CT molecular complexity index is 1470. The van der Waals surface area contributed by atoms with Crippen molar-refractivity contribution in [1.29, 1.82) is 0 Å². The van der Waals surface area contributed by atoms with Crippen LogP contribution in [0.3, 0.4) is 0 Å². The number of nitrogens with zero attached hydrogens (tertiary/aromatic N) is 2. The molecule has 0 atom stereocenters. The van der Waals surface area contributed by atoms with Gasteiger partial charge in [-0.25, -0.2) is 5.43 Å². The summed E-state index contributed by atoms with van der Waals surface area (Å²) in [5.74, 6) is 0.729. The number of carbonyl (C=O) groups is 1. The van der Waals surface area contributed by atoms with Gasteiger partial charge in [-0.3, -0.25) is 4.79 Å². The topological polar surface area (TPSA) is 55.6 Å². The van der Waals surface area contributed by atoms with E-state index in [1.54, 1.807) is 17.6 Å². The van der Waals surface area contributed by atoms with Gasteiger partial charge in [0.05, 0.1) is 11.8 Å². The number of rotatable bonds is 7. The van der Waals surface area contributed by atoms with Crippen LogP contribution in [0.25, 0.3) is 5.00 Å². The third kappa shape index (κ3) is 5.49. The van der Waals surface area contributed by atoms with Gasteiger partial charge in [0.15, 0.2) is 0 Å². The Kier molecular flexibility index (Phi) is 7.86. The SMILES string of the molecule is Cc1cc(/C=N\NC(=O)c2c(-n3c(C)ccc3C)sc3c2CCCC3)cc(C)c1OCc1ccc(Br)cc1. The molecule has 5 rings (SSSR count). The van der Waals surface area contributed by atoms with Crippen molar-refractivity contribution in [3.63, 3.8) is 0 Å². The van der Waals surface area contributed by atoms with E-state index in [4.69, 9.17) is 4.74 Å². The molecule has 1 aliphatic carbocycles. The van der Waals surface area contributed by atoms with Crippen LogP contribution in [0, 0.1) is 27.7 Å². The second kappa shape index (κ2) is 11.3. The van der Waals surface area contributed by atoms with Gasteiger partial charge in [0.25, 0.3) is 5.91 Å². The summed E-state index contributed by atoms with van der Waals surface area (Å²) in [6.45, 7) is 8.74. The maximum absolute atomic E-state index is 13.5. The molecule has 2 aromatic carbocycles. The van der Waals surface area contributed by atoms with Crippen LogP contribution in [0.4, 0.5) is 0 Å². The number of hydrogen-bond donors (Lipinski definition) is 1. The monoisotopic (exact) mass is 589 g/mol. The van der Waals surface area contributed by atoms with E-state index < -0.39 is 0 Å². The fourth-order valence-corrected chi connectivity index (χ4v) is 6.94. The number of hydrogen-bond acceptors (Lipinski definition) is 4. The normalized spacial score (nSPS) is 13.1. The number of ether oxygens (including phenoxy) is 1. The molecule has 0 saturated heterocycles. The molecule has 38 heavy (non-hydrogen) atoms. The highest BCUT2D eigenvalue weighted by atomic mass is 79.9. The van der Waals surface area contributed by atoms with E-state index in [2.05, 4.69) is 57.0 Å². The smallest absolute Gasteiger partial charge is 0.274 e. The lowest BCUT2D eigenvalue weighted by Crippen LogP contribution is -2.21. The van der Waals surface area contributed by atoms with Crippen LogP contribution in [0.1, 0.15) is 67.3 Å². The number of halogens is 1. The van der Waals surface area contributed by atoms with Gasteiger partial charge in [-0.2, -0.15) is 5.10 Å². The van der Waals surface area contributed by atoms with E-state index in [0.717, 1.165) is 73.7 Å². The van der Waals surface area contributed by atoms with E-state index in [9.17, 15) is 4.79 Å². The highest BCUT2D eigenvalue weighted by Crippen LogP contribution is 2.38. The van der Waals surface area contributed by atoms with Gasteiger partial charge in [-0.05, 0) is 118 Å². The average Bonchev–Trinajstić information content (AvgIpc) is 3.43. The summed E-state index contributed by atoms with van der Waals surface area (Å²) >= 11 is 5.22. The molecule has 1 N–H and O–H groups in total. The predicted octanol–water partition coefficient (Wildman–Crippen LogP) is 7.76. The van der Waals surface area contributed by atoms with Crippen LogP contribution in [0.2, 0.25) is 0 Å². The van der Waals surface area contributed by atoms with Gasteiger partial charge >= 0.3 is 0 Å². The number of aromatic nitrogens is 1. The lowest BCUT2D eigenvalue weighted by atomic mass is 9.95. The zero-order valence-electron chi connectivity index (χ0n) is 22.2. The Morgan fingerprint density at radius 2 is 1.68 bits per heavy atom. The van der Waals surface area contributed by atoms with Crippen LogP contribution >= 0.6 is 27.3 Å². The Morgan fingerprint density at radius 3 is 2.37 bits per heavy atom. The molecular weight excluding hydrogens is 558 g/mol. The first-order chi connectivity index (χ1) is 18.3. The lowest BCUT2D eigenvalue weighted by molar-refractivity contribution is 0.0954. The van der Waals surface area contributed by atoms with E-state index in [1.807, 2.05) is 50.2 Å². The van der Waals surface area contributed by atoms with Crippen LogP contribution in [-0.4, -0.2) is 16.7 Å². The number of aryl methyl sites for hydroxylation is 5. The molecule has 0 saturated carbocycles. The largest absolute Gasteiger partial charge is 0.488 e. The zero-order chi connectivity index (χ0) is 26.8. The van der Waals surface area contributed by atoms with Gasteiger partial charge in [0.2, 0.25) is 0 Å². The van der Waals surface area contributed by atoms with E-state index in [1.165, 1.54) is 16.9 Å². The molecule has 0 radical (unpaired) electrons. The van der Waals surface area contributed by atoms with Crippen molar-refractivity contribution in [2.24, 2.45) is 5.10 Å². The molecular formula is C31H32BrN3O2S. The van der Waals surface area contributed by atoms with Gasteiger partial charge < -0.3 is 9.30 Å². The van der Waals surface area contributed by atoms with Crippen molar-refractivity contribution in [2.75, 3.05) is 0 Å². The van der Waals surface area contributed by atoms with Crippen LogP contribution in [0.5, 0.6) is 5.75 Å². The zero-order valence-corrected chi connectivity index (χ0v) is 24.6. The van der Waals surface area contributed by atoms with Crippen molar-refractivity contribution >= 4 is 39.4 Å². The molecule has 196 valence electrons. The molecule has 7 heteroatoms. The number of carbonyl (C=O) groups excluding carboxylic acids is 1. The number of thiophene rings is 1. The van der Waals surface area contributed by atoms with Crippen LogP contribution in [-0.2, 0) is 19.4 Å². The summed E-state index contributed by atoms with van der Waals surface area (Å²) in [6.07, 6.45) is 5.99. The summed E-state index contributed by atoms with van der Waals surface area (Å²) in [6, 6.07) is 16.4. The maximum Gasteiger partial charge on any atom is 0.274 e. The quantitative estimate of drug-likeness (QED) is 0.177. The molecule has 0 spiro atoms. The van der Waals surface area contributed by atoms with Crippen molar-refractivity contribution in [1.82, 2.24) is 9.99 Å². The Morgan fingerprint density at radius 1 is 1.03 bits per heavy atom.